The summed E-state index contributed by atoms with van der Waals surface area (Å²) in [6.07, 6.45) is 0.859. The van der Waals surface area contributed by atoms with Crippen LogP contribution in [0.5, 0.6) is 0 Å². The molecule has 0 saturated carbocycles. The lowest BCUT2D eigenvalue weighted by Gasteiger charge is -2.52. The lowest BCUT2D eigenvalue weighted by atomic mass is 9.87. The first-order valence-electron chi connectivity index (χ1n) is 11.5. The SMILES string of the molecule is CNC(=O)[C@H]([C@@H](C)O)N(C)CC1CCC2(CN(OCc3ccccc3)C2=O)N1CC(C)C. The predicted octanol–water partition coefficient (Wildman–Crippen LogP) is 1.25. The summed E-state index contributed by atoms with van der Waals surface area (Å²) in [4.78, 5) is 35.6. The van der Waals surface area contributed by atoms with E-state index in [1.54, 1.807) is 14.0 Å². The molecule has 2 aliphatic heterocycles. The zero-order valence-corrected chi connectivity index (χ0v) is 20.0. The highest BCUT2D eigenvalue weighted by molar-refractivity contribution is 5.92. The van der Waals surface area contributed by atoms with Crippen LogP contribution in [0.4, 0.5) is 0 Å². The summed E-state index contributed by atoms with van der Waals surface area (Å²) in [5, 5.41) is 14.3. The smallest absolute Gasteiger partial charge is 0.268 e. The number of benzene rings is 1. The number of likely N-dealkylation sites (tertiary alicyclic amines) is 1. The van der Waals surface area contributed by atoms with Gasteiger partial charge >= 0.3 is 0 Å². The Hall–Kier alpha value is -2.00. The molecule has 2 saturated heterocycles. The van der Waals surface area contributed by atoms with Crippen molar-refractivity contribution in [3.63, 3.8) is 0 Å². The topological polar surface area (TPSA) is 85.4 Å². The third kappa shape index (κ3) is 4.98. The number of hydroxylamine groups is 2. The van der Waals surface area contributed by atoms with Crippen LogP contribution in [-0.2, 0) is 21.0 Å². The fourth-order valence-electron chi connectivity index (χ4n) is 5.09. The van der Waals surface area contributed by atoms with Crippen LogP contribution in [0.15, 0.2) is 30.3 Å². The van der Waals surface area contributed by atoms with Crippen molar-refractivity contribution < 1.29 is 19.5 Å². The van der Waals surface area contributed by atoms with Crippen LogP contribution in [0.3, 0.4) is 0 Å². The van der Waals surface area contributed by atoms with Crippen molar-refractivity contribution in [3.05, 3.63) is 35.9 Å². The lowest BCUT2D eigenvalue weighted by molar-refractivity contribution is -0.244. The maximum Gasteiger partial charge on any atom is 0.268 e. The number of nitrogens with zero attached hydrogens (tertiary/aromatic N) is 3. The molecule has 2 heterocycles. The minimum atomic E-state index is -0.791. The van der Waals surface area contributed by atoms with Crippen LogP contribution < -0.4 is 5.32 Å². The molecule has 2 N–H and O–H groups in total. The summed E-state index contributed by atoms with van der Waals surface area (Å²) in [5.41, 5.74) is 0.504. The molecule has 8 nitrogen and oxygen atoms in total. The van der Waals surface area contributed by atoms with Crippen molar-refractivity contribution in [2.45, 2.75) is 63.9 Å². The quantitative estimate of drug-likeness (QED) is 0.526. The van der Waals surface area contributed by atoms with Crippen LogP contribution in [-0.4, -0.2) is 89.2 Å². The summed E-state index contributed by atoms with van der Waals surface area (Å²) in [6, 6.07) is 9.35. The molecule has 2 fully saturated rings. The first kappa shape index (κ1) is 24.6. The second kappa shape index (κ2) is 10.3. The first-order chi connectivity index (χ1) is 15.2. The van der Waals surface area contributed by atoms with Crippen LogP contribution in [0.2, 0.25) is 0 Å². The number of rotatable bonds is 10. The van der Waals surface area contributed by atoms with Gasteiger partial charge in [0, 0.05) is 26.2 Å². The molecule has 32 heavy (non-hydrogen) atoms. The Balaban J connectivity index is 1.68. The van der Waals surface area contributed by atoms with E-state index >= 15 is 0 Å². The molecule has 2 unspecified atom stereocenters. The van der Waals surface area contributed by atoms with Gasteiger partial charge in [-0.1, -0.05) is 44.2 Å². The minimum Gasteiger partial charge on any atom is -0.391 e. The van der Waals surface area contributed by atoms with Gasteiger partial charge in [0.25, 0.3) is 5.91 Å². The van der Waals surface area contributed by atoms with Gasteiger partial charge in [-0.3, -0.25) is 24.2 Å². The van der Waals surface area contributed by atoms with Crippen LogP contribution in [0.25, 0.3) is 0 Å². The number of amides is 2. The van der Waals surface area contributed by atoms with Crippen molar-refractivity contribution in [1.82, 2.24) is 20.2 Å². The van der Waals surface area contributed by atoms with E-state index in [1.165, 1.54) is 5.06 Å². The van der Waals surface area contributed by atoms with E-state index in [4.69, 9.17) is 4.84 Å². The molecular weight excluding hydrogens is 408 g/mol. The van der Waals surface area contributed by atoms with E-state index in [1.807, 2.05) is 42.3 Å². The third-order valence-corrected chi connectivity index (χ3v) is 6.65. The van der Waals surface area contributed by atoms with Gasteiger partial charge in [-0.25, -0.2) is 5.06 Å². The molecule has 178 valence electrons. The van der Waals surface area contributed by atoms with E-state index in [9.17, 15) is 14.7 Å². The maximum absolute atomic E-state index is 13.3. The van der Waals surface area contributed by atoms with E-state index in [2.05, 4.69) is 24.1 Å². The molecule has 1 aromatic carbocycles. The molecule has 4 atom stereocenters. The van der Waals surface area contributed by atoms with Gasteiger partial charge < -0.3 is 10.4 Å². The van der Waals surface area contributed by atoms with Crippen molar-refractivity contribution in [1.29, 1.82) is 0 Å². The normalized spacial score (nSPS) is 25.4. The molecule has 3 rings (SSSR count). The predicted molar refractivity (Wildman–Crippen MR) is 122 cm³/mol. The zero-order chi connectivity index (χ0) is 23.5. The number of nitrogens with one attached hydrogen (secondary N) is 1. The van der Waals surface area contributed by atoms with Gasteiger partial charge in [0.1, 0.15) is 18.2 Å². The van der Waals surface area contributed by atoms with Gasteiger partial charge in [-0.05, 0) is 38.3 Å². The Morgan fingerprint density at radius 1 is 1.31 bits per heavy atom. The number of carbonyl (C=O) groups is 2. The van der Waals surface area contributed by atoms with Crippen LogP contribution in [0, 0.1) is 5.92 Å². The molecule has 8 heteroatoms. The molecular formula is C24H38N4O4. The number of aliphatic hydroxyl groups is 1. The highest BCUT2D eigenvalue weighted by atomic mass is 16.7. The molecule has 1 aromatic rings. The van der Waals surface area contributed by atoms with Gasteiger partial charge in [-0.15, -0.1) is 0 Å². The molecule has 0 aromatic heterocycles. The van der Waals surface area contributed by atoms with Gasteiger partial charge in [0.15, 0.2) is 0 Å². The van der Waals surface area contributed by atoms with Gasteiger partial charge in [0.05, 0.1) is 12.6 Å². The van der Waals surface area contributed by atoms with Gasteiger partial charge in [0.2, 0.25) is 5.91 Å². The summed E-state index contributed by atoms with van der Waals surface area (Å²) < 4.78 is 0. The van der Waals surface area contributed by atoms with Crippen molar-refractivity contribution in [2.24, 2.45) is 5.92 Å². The highest BCUT2D eigenvalue weighted by Gasteiger charge is 2.61. The number of hydrogen-bond acceptors (Lipinski definition) is 6. The summed E-state index contributed by atoms with van der Waals surface area (Å²) in [6.45, 7) is 8.29. The summed E-state index contributed by atoms with van der Waals surface area (Å²) in [5.74, 6) is 0.222. The minimum absolute atomic E-state index is 0.0256. The lowest BCUT2D eigenvalue weighted by Crippen LogP contribution is -2.73. The van der Waals surface area contributed by atoms with Crippen molar-refractivity contribution in [2.75, 3.05) is 33.7 Å². The second-order valence-corrected chi connectivity index (χ2v) is 9.61. The van der Waals surface area contributed by atoms with Crippen LogP contribution in [0.1, 0.15) is 39.2 Å². The average molecular weight is 447 g/mol. The third-order valence-electron chi connectivity index (χ3n) is 6.65. The summed E-state index contributed by atoms with van der Waals surface area (Å²) >= 11 is 0. The number of carbonyl (C=O) groups excluding carboxylic acids is 2. The highest BCUT2D eigenvalue weighted by Crippen LogP contribution is 2.43. The molecule has 0 aliphatic carbocycles. The van der Waals surface area contributed by atoms with Crippen molar-refractivity contribution >= 4 is 11.8 Å². The van der Waals surface area contributed by atoms with E-state index in [-0.39, 0.29) is 17.9 Å². The Kier molecular flexibility index (Phi) is 7.92. The first-order valence-corrected chi connectivity index (χ1v) is 11.5. The Bertz CT molecular complexity index is 787. The fraction of sp³-hybridized carbons (Fsp3) is 0.667. The summed E-state index contributed by atoms with van der Waals surface area (Å²) in [7, 11) is 3.45. The molecule has 0 bridgehead atoms. The Morgan fingerprint density at radius 2 is 2.00 bits per heavy atom. The Labute approximate surface area is 191 Å². The molecule has 2 amide bonds. The maximum atomic E-state index is 13.3. The van der Waals surface area contributed by atoms with E-state index in [0.717, 1.165) is 24.9 Å². The molecule has 0 radical (unpaired) electrons. The monoisotopic (exact) mass is 446 g/mol. The zero-order valence-electron chi connectivity index (χ0n) is 20.0. The van der Waals surface area contributed by atoms with Crippen molar-refractivity contribution in [3.8, 4) is 0 Å². The fourth-order valence-corrected chi connectivity index (χ4v) is 5.09. The largest absolute Gasteiger partial charge is 0.391 e. The van der Waals surface area contributed by atoms with Gasteiger partial charge in [-0.2, -0.15) is 0 Å². The average Bonchev–Trinajstić information content (AvgIpc) is 3.10. The number of aliphatic hydroxyl groups excluding tert-OH is 1. The second-order valence-electron chi connectivity index (χ2n) is 9.61. The van der Waals surface area contributed by atoms with E-state index < -0.39 is 17.7 Å². The van der Waals surface area contributed by atoms with E-state index in [0.29, 0.717) is 25.6 Å². The molecule has 2 aliphatic rings. The number of hydrogen-bond donors (Lipinski definition) is 2. The Morgan fingerprint density at radius 3 is 2.56 bits per heavy atom. The number of likely N-dealkylation sites (N-methyl/N-ethyl adjacent to an activating group) is 2. The van der Waals surface area contributed by atoms with Crippen LogP contribution >= 0.6 is 0 Å². The number of β-lactam (4-membered cyclic amide) rings is 1. The molecule has 1 spiro atoms. The standard InChI is InChI=1S/C24H38N4O4/c1-17(2)13-27-20(14-26(5)21(18(3)29)22(30)25-4)11-12-24(27)16-28(23(24)31)32-15-19-9-7-6-8-10-19/h6-10,17-18,20-21,29H,11-16H2,1-5H3,(H,25,30)/t18-,20?,21+,24?/m1/s1.